The number of likely N-dealkylation sites (N-methyl/N-ethyl adjacent to an activating group) is 1. The molecule has 0 bridgehead atoms. The molecule has 0 radical (unpaired) electrons. The van der Waals surface area contributed by atoms with Crippen molar-refractivity contribution in [1.29, 1.82) is 0 Å². The van der Waals surface area contributed by atoms with E-state index in [4.69, 9.17) is 0 Å². The smallest absolute Gasteiger partial charge is 0.0562 e. The van der Waals surface area contributed by atoms with E-state index in [9.17, 15) is 0 Å². The molecule has 90 valence electrons. The van der Waals surface area contributed by atoms with Gasteiger partial charge in [-0.05, 0) is 26.0 Å². The average molecular weight is 227 g/mol. The van der Waals surface area contributed by atoms with Gasteiger partial charge in [-0.25, -0.2) is 0 Å². The van der Waals surface area contributed by atoms with Crippen LogP contribution in [0.2, 0.25) is 0 Å². The summed E-state index contributed by atoms with van der Waals surface area (Å²) in [6.45, 7) is 6.76. The van der Waals surface area contributed by atoms with Crippen molar-refractivity contribution in [2.24, 2.45) is 5.92 Å². The summed E-state index contributed by atoms with van der Waals surface area (Å²) < 4.78 is 0. The second kappa shape index (κ2) is 4.79. The highest BCUT2D eigenvalue weighted by molar-refractivity contribution is 5.50. The lowest BCUT2D eigenvalue weighted by Gasteiger charge is -2.37. The zero-order valence-corrected chi connectivity index (χ0v) is 11.1. The molecule has 1 aliphatic rings. The number of anilines is 1. The summed E-state index contributed by atoms with van der Waals surface area (Å²) in [5, 5.41) is 0. The van der Waals surface area contributed by atoms with Gasteiger partial charge in [-0.3, -0.25) is 0 Å². The fourth-order valence-electron chi connectivity index (χ4n) is 2.62. The van der Waals surface area contributed by atoms with Gasteiger partial charge in [-0.2, -0.15) is 0 Å². The van der Waals surface area contributed by atoms with Gasteiger partial charge in [0.25, 0.3) is 0 Å². The van der Waals surface area contributed by atoms with E-state index in [-0.39, 0.29) is 0 Å². The molecule has 0 aromatic heterocycles. The van der Waals surface area contributed by atoms with E-state index in [0.29, 0.717) is 12.0 Å². The second-order valence-corrected chi connectivity index (χ2v) is 5.00. The van der Waals surface area contributed by atoms with Gasteiger partial charge in [0.1, 0.15) is 0 Å². The Morgan fingerprint density at radius 3 is 2.18 bits per heavy atom. The SMILES string of the molecule is CC1=CC=C(C)C(N(C)c2ccccc2)C1C. The Labute approximate surface area is 104 Å². The van der Waals surface area contributed by atoms with Crippen LogP contribution in [0.1, 0.15) is 20.8 Å². The van der Waals surface area contributed by atoms with Gasteiger partial charge < -0.3 is 4.90 Å². The van der Waals surface area contributed by atoms with Crippen LogP contribution in [-0.4, -0.2) is 13.1 Å². The Balaban J connectivity index is 2.29. The molecular weight excluding hydrogens is 206 g/mol. The highest BCUT2D eigenvalue weighted by Gasteiger charge is 2.26. The molecular formula is C16H21N. The standard InChI is InChI=1S/C16H21N/c1-12-10-11-13(2)16(14(12)3)17(4)15-8-6-5-7-9-15/h5-11,14,16H,1-4H3. The fraction of sp³-hybridized carbons (Fsp3) is 0.375. The van der Waals surface area contributed by atoms with Crippen molar-refractivity contribution in [2.75, 3.05) is 11.9 Å². The monoisotopic (exact) mass is 227 g/mol. The lowest BCUT2D eigenvalue weighted by atomic mass is 9.84. The first-order valence-electron chi connectivity index (χ1n) is 6.24. The van der Waals surface area contributed by atoms with Crippen molar-refractivity contribution in [3.05, 3.63) is 53.6 Å². The number of para-hydroxylation sites is 1. The van der Waals surface area contributed by atoms with Crippen LogP contribution in [-0.2, 0) is 0 Å². The van der Waals surface area contributed by atoms with Crippen molar-refractivity contribution in [3.63, 3.8) is 0 Å². The number of allylic oxidation sites excluding steroid dienone is 2. The first-order chi connectivity index (χ1) is 8.11. The third-order valence-electron chi connectivity index (χ3n) is 3.85. The molecule has 1 aliphatic carbocycles. The molecule has 0 fully saturated rings. The maximum absolute atomic E-state index is 2.38. The Bertz CT molecular complexity index is 442. The zero-order valence-electron chi connectivity index (χ0n) is 11.1. The molecule has 1 heteroatoms. The van der Waals surface area contributed by atoms with Crippen molar-refractivity contribution >= 4 is 5.69 Å². The van der Waals surface area contributed by atoms with Gasteiger partial charge in [0.05, 0.1) is 6.04 Å². The summed E-state index contributed by atoms with van der Waals surface area (Å²) in [6, 6.07) is 11.1. The molecule has 17 heavy (non-hydrogen) atoms. The van der Waals surface area contributed by atoms with Crippen molar-refractivity contribution in [1.82, 2.24) is 0 Å². The van der Waals surface area contributed by atoms with Crippen LogP contribution in [0.25, 0.3) is 0 Å². The lowest BCUT2D eigenvalue weighted by molar-refractivity contribution is 0.540. The highest BCUT2D eigenvalue weighted by Crippen LogP contribution is 2.31. The first kappa shape index (κ1) is 12.0. The van der Waals surface area contributed by atoms with E-state index >= 15 is 0 Å². The third kappa shape index (κ3) is 2.28. The van der Waals surface area contributed by atoms with E-state index in [1.807, 2.05) is 0 Å². The molecule has 1 aromatic carbocycles. The minimum atomic E-state index is 0.474. The average Bonchev–Trinajstić information content (AvgIpc) is 2.35. The summed E-state index contributed by atoms with van der Waals surface area (Å²) in [6.07, 6.45) is 4.49. The summed E-state index contributed by atoms with van der Waals surface area (Å²) in [7, 11) is 2.19. The Kier molecular flexibility index (Phi) is 3.37. The van der Waals surface area contributed by atoms with E-state index < -0.39 is 0 Å². The van der Waals surface area contributed by atoms with Gasteiger partial charge in [-0.15, -0.1) is 0 Å². The molecule has 0 heterocycles. The zero-order chi connectivity index (χ0) is 12.4. The summed E-state index contributed by atoms with van der Waals surface area (Å²) >= 11 is 0. The van der Waals surface area contributed by atoms with Crippen LogP contribution >= 0.6 is 0 Å². The second-order valence-electron chi connectivity index (χ2n) is 5.00. The topological polar surface area (TPSA) is 3.24 Å². The summed E-state index contributed by atoms with van der Waals surface area (Å²) in [5.41, 5.74) is 4.18. The predicted octanol–water partition coefficient (Wildman–Crippen LogP) is 4.03. The fourth-order valence-corrected chi connectivity index (χ4v) is 2.62. The van der Waals surface area contributed by atoms with Crippen molar-refractivity contribution < 1.29 is 0 Å². The Hall–Kier alpha value is -1.50. The maximum Gasteiger partial charge on any atom is 0.0562 e. The number of hydrogen-bond acceptors (Lipinski definition) is 1. The largest absolute Gasteiger partial charge is 0.367 e. The molecule has 2 unspecified atom stereocenters. The molecule has 0 N–H and O–H groups in total. The number of nitrogens with zero attached hydrogens (tertiary/aromatic N) is 1. The van der Waals surface area contributed by atoms with Crippen LogP contribution in [0.15, 0.2) is 53.6 Å². The summed E-state index contributed by atoms with van der Waals surface area (Å²) in [4.78, 5) is 2.38. The van der Waals surface area contributed by atoms with E-state index in [1.165, 1.54) is 16.8 Å². The van der Waals surface area contributed by atoms with Gasteiger partial charge in [0.15, 0.2) is 0 Å². The quantitative estimate of drug-likeness (QED) is 0.737. The first-order valence-corrected chi connectivity index (χ1v) is 6.24. The van der Waals surface area contributed by atoms with Gasteiger partial charge in [-0.1, -0.05) is 48.4 Å². The normalized spacial score (nSPS) is 24.0. The Morgan fingerprint density at radius 2 is 1.53 bits per heavy atom. The van der Waals surface area contributed by atoms with E-state index in [1.54, 1.807) is 0 Å². The molecule has 2 atom stereocenters. The minimum Gasteiger partial charge on any atom is -0.367 e. The molecule has 0 aliphatic heterocycles. The molecule has 0 saturated carbocycles. The minimum absolute atomic E-state index is 0.474. The molecule has 0 spiro atoms. The maximum atomic E-state index is 2.38. The molecule has 2 rings (SSSR count). The lowest BCUT2D eigenvalue weighted by Crippen LogP contribution is -2.39. The number of rotatable bonds is 2. The number of benzene rings is 1. The third-order valence-corrected chi connectivity index (χ3v) is 3.85. The van der Waals surface area contributed by atoms with Crippen LogP contribution < -0.4 is 4.90 Å². The van der Waals surface area contributed by atoms with Gasteiger partial charge >= 0.3 is 0 Å². The van der Waals surface area contributed by atoms with E-state index in [0.717, 1.165) is 0 Å². The molecule has 0 saturated heterocycles. The predicted molar refractivity (Wildman–Crippen MR) is 75.3 cm³/mol. The molecule has 0 amide bonds. The van der Waals surface area contributed by atoms with Crippen LogP contribution in [0, 0.1) is 5.92 Å². The van der Waals surface area contributed by atoms with Gasteiger partial charge in [0, 0.05) is 18.7 Å². The summed E-state index contributed by atoms with van der Waals surface area (Å²) in [5.74, 6) is 0.574. The molecule has 1 nitrogen and oxygen atoms in total. The Morgan fingerprint density at radius 1 is 0.941 bits per heavy atom. The van der Waals surface area contributed by atoms with Crippen molar-refractivity contribution in [2.45, 2.75) is 26.8 Å². The van der Waals surface area contributed by atoms with Crippen LogP contribution in [0.5, 0.6) is 0 Å². The van der Waals surface area contributed by atoms with Gasteiger partial charge in [0.2, 0.25) is 0 Å². The number of hydrogen-bond donors (Lipinski definition) is 0. The van der Waals surface area contributed by atoms with Crippen LogP contribution in [0.4, 0.5) is 5.69 Å². The van der Waals surface area contributed by atoms with Crippen molar-refractivity contribution in [3.8, 4) is 0 Å². The highest BCUT2D eigenvalue weighted by atomic mass is 15.1. The van der Waals surface area contributed by atoms with Crippen LogP contribution in [0.3, 0.4) is 0 Å². The van der Waals surface area contributed by atoms with E-state index in [2.05, 4.69) is 75.2 Å². The molecule has 1 aromatic rings.